The molecule has 3 atom stereocenters. The van der Waals surface area contributed by atoms with E-state index in [-0.39, 0.29) is 5.91 Å². The largest absolute Gasteiger partial charge is 0.361 e. The minimum Gasteiger partial charge on any atom is -0.361 e. The first-order chi connectivity index (χ1) is 8.15. The lowest BCUT2D eigenvalue weighted by molar-refractivity contribution is -0.118. The molecule has 1 amide bonds. The Balaban J connectivity index is 1.59. The molecule has 0 aromatic heterocycles. The predicted octanol–water partition coefficient (Wildman–Crippen LogP) is 0.775. The van der Waals surface area contributed by atoms with Gasteiger partial charge in [-0.25, -0.2) is 0 Å². The van der Waals surface area contributed by atoms with Gasteiger partial charge in [-0.3, -0.25) is 4.79 Å². The quantitative estimate of drug-likeness (QED) is 0.513. The van der Waals surface area contributed by atoms with Crippen molar-refractivity contribution >= 4 is 23.2 Å². The zero-order valence-electron chi connectivity index (χ0n) is 10.3. The smallest absolute Gasteiger partial charge is 0.216 e. The number of hydrogen-bond acceptors (Lipinski definition) is 2. The van der Waals surface area contributed by atoms with Crippen LogP contribution < -0.4 is 16.0 Å². The molecule has 3 N–H and O–H groups in total. The Morgan fingerprint density at radius 1 is 1.24 bits per heavy atom. The van der Waals surface area contributed by atoms with Gasteiger partial charge in [0.2, 0.25) is 5.91 Å². The number of thiocarbonyl (C=S) groups is 1. The molecule has 0 aromatic carbocycles. The first-order valence-electron chi connectivity index (χ1n) is 6.44. The topological polar surface area (TPSA) is 53.2 Å². The molecule has 5 heteroatoms. The number of amides is 1. The van der Waals surface area contributed by atoms with Crippen LogP contribution in [-0.2, 0) is 4.79 Å². The van der Waals surface area contributed by atoms with Gasteiger partial charge in [0.15, 0.2) is 5.11 Å². The van der Waals surface area contributed by atoms with Gasteiger partial charge in [0.05, 0.1) is 0 Å². The van der Waals surface area contributed by atoms with E-state index in [9.17, 15) is 4.79 Å². The van der Waals surface area contributed by atoms with E-state index in [2.05, 4.69) is 16.0 Å². The van der Waals surface area contributed by atoms with Crippen molar-refractivity contribution in [2.45, 2.75) is 38.6 Å². The molecule has 2 fully saturated rings. The fourth-order valence-electron chi connectivity index (χ4n) is 3.06. The van der Waals surface area contributed by atoms with Crippen LogP contribution in [0.3, 0.4) is 0 Å². The van der Waals surface area contributed by atoms with E-state index in [1.807, 2.05) is 0 Å². The van der Waals surface area contributed by atoms with Crippen LogP contribution in [-0.4, -0.2) is 30.2 Å². The fourth-order valence-corrected chi connectivity index (χ4v) is 3.31. The maximum Gasteiger partial charge on any atom is 0.216 e. The van der Waals surface area contributed by atoms with Crippen molar-refractivity contribution in [3.8, 4) is 0 Å². The zero-order chi connectivity index (χ0) is 12.3. The molecule has 96 valence electrons. The predicted molar refractivity (Wildman–Crippen MR) is 71.7 cm³/mol. The minimum atomic E-state index is -0.00113. The number of fused-ring (bicyclic) bond motifs is 2. The van der Waals surface area contributed by atoms with Crippen molar-refractivity contribution < 1.29 is 4.79 Å². The second-order valence-corrected chi connectivity index (χ2v) is 5.57. The summed E-state index contributed by atoms with van der Waals surface area (Å²) in [6.07, 6.45) is 5.42. The molecular formula is C12H21N3OS. The lowest BCUT2D eigenvalue weighted by Crippen LogP contribution is -2.46. The van der Waals surface area contributed by atoms with Crippen LogP contribution in [0, 0.1) is 11.8 Å². The highest BCUT2D eigenvalue weighted by molar-refractivity contribution is 7.80. The Morgan fingerprint density at radius 2 is 2.00 bits per heavy atom. The molecule has 2 aliphatic carbocycles. The standard InChI is InChI=1S/C12H21N3OS/c1-8(16)13-4-5-14-12(17)15-11-7-9-2-3-10(11)6-9/h9-11H,2-7H2,1H3,(H,13,16)(H2,14,15,17)/t9-,10+,11+/m0/s1. The SMILES string of the molecule is CC(=O)NCCNC(=S)N[C@@H]1C[C@H]2CC[C@@H]1C2. The molecule has 0 aromatic rings. The van der Waals surface area contributed by atoms with Gasteiger partial charge < -0.3 is 16.0 Å². The second kappa shape index (κ2) is 5.67. The Hall–Kier alpha value is -0.840. The summed E-state index contributed by atoms with van der Waals surface area (Å²) in [5.74, 6) is 1.76. The van der Waals surface area contributed by atoms with Crippen molar-refractivity contribution in [2.24, 2.45) is 11.8 Å². The van der Waals surface area contributed by atoms with Crippen molar-refractivity contribution in [1.29, 1.82) is 0 Å². The van der Waals surface area contributed by atoms with E-state index in [0.29, 0.717) is 19.1 Å². The summed E-state index contributed by atoms with van der Waals surface area (Å²) >= 11 is 5.25. The first kappa shape index (κ1) is 12.6. The summed E-state index contributed by atoms with van der Waals surface area (Å²) in [7, 11) is 0. The highest BCUT2D eigenvalue weighted by atomic mass is 32.1. The number of rotatable bonds is 4. The lowest BCUT2D eigenvalue weighted by Gasteiger charge is -2.24. The van der Waals surface area contributed by atoms with E-state index in [4.69, 9.17) is 12.2 Å². The van der Waals surface area contributed by atoms with E-state index in [1.54, 1.807) is 0 Å². The molecule has 0 saturated heterocycles. The maximum absolute atomic E-state index is 10.7. The van der Waals surface area contributed by atoms with E-state index in [1.165, 1.54) is 32.6 Å². The molecule has 0 aliphatic heterocycles. The van der Waals surface area contributed by atoms with Gasteiger partial charge in [-0.1, -0.05) is 6.42 Å². The molecular weight excluding hydrogens is 234 g/mol. The van der Waals surface area contributed by atoms with Crippen molar-refractivity contribution in [1.82, 2.24) is 16.0 Å². The molecule has 4 nitrogen and oxygen atoms in total. The van der Waals surface area contributed by atoms with Crippen LogP contribution in [0.15, 0.2) is 0 Å². The van der Waals surface area contributed by atoms with Crippen LogP contribution in [0.5, 0.6) is 0 Å². The van der Waals surface area contributed by atoms with Crippen LogP contribution in [0.2, 0.25) is 0 Å². The van der Waals surface area contributed by atoms with Crippen molar-refractivity contribution in [2.75, 3.05) is 13.1 Å². The fraction of sp³-hybridized carbons (Fsp3) is 0.833. The Morgan fingerprint density at radius 3 is 2.59 bits per heavy atom. The number of hydrogen-bond donors (Lipinski definition) is 3. The Bertz CT molecular complexity index is 308. The monoisotopic (exact) mass is 255 g/mol. The summed E-state index contributed by atoms with van der Waals surface area (Å²) in [6.45, 7) is 2.83. The molecule has 2 aliphatic rings. The summed E-state index contributed by atoms with van der Waals surface area (Å²) in [5, 5.41) is 10.00. The van der Waals surface area contributed by atoms with Crippen LogP contribution in [0.25, 0.3) is 0 Å². The summed E-state index contributed by atoms with van der Waals surface area (Å²) in [5.41, 5.74) is 0. The number of carbonyl (C=O) groups excluding carboxylic acids is 1. The summed E-state index contributed by atoms with van der Waals surface area (Å²) in [6, 6.07) is 0.578. The molecule has 2 bridgehead atoms. The molecule has 17 heavy (non-hydrogen) atoms. The average Bonchev–Trinajstić information content (AvgIpc) is 2.86. The molecule has 2 saturated carbocycles. The highest BCUT2D eigenvalue weighted by Gasteiger charge is 2.39. The van der Waals surface area contributed by atoms with Crippen LogP contribution >= 0.6 is 12.2 Å². The number of nitrogens with one attached hydrogen (secondary N) is 3. The Kier molecular flexibility index (Phi) is 4.20. The zero-order valence-corrected chi connectivity index (χ0v) is 11.1. The van der Waals surface area contributed by atoms with Gasteiger partial charge >= 0.3 is 0 Å². The molecule has 0 heterocycles. The van der Waals surface area contributed by atoms with Gasteiger partial charge in [0.25, 0.3) is 0 Å². The number of carbonyl (C=O) groups is 1. The van der Waals surface area contributed by atoms with E-state index in [0.717, 1.165) is 16.9 Å². The average molecular weight is 255 g/mol. The third-order valence-electron chi connectivity index (χ3n) is 3.84. The molecule has 0 spiro atoms. The van der Waals surface area contributed by atoms with Crippen LogP contribution in [0.1, 0.15) is 32.6 Å². The first-order valence-corrected chi connectivity index (χ1v) is 6.85. The lowest BCUT2D eigenvalue weighted by atomic mass is 9.96. The molecule has 0 unspecified atom stereocenters. The van der Waals surface area contributed by atoms with Gasteiger partial charge in [-0.05, 0) is 43.3 Å². The van der Waals surface area contributed by atoms with Gasteiger partial charge in [0.1, 0.15) is 0 Å². The normalized spacial score (nSPS) is 30.1. The minimum absolute atomic E-state index is 0.00113. The summed E-state index contributed by atoms with van der Waals surface area (Å²) in [4.78, 5) is 10.7. The Labute approximate surface area is 108 Å². The third kappa shape index (κ3) is 3.56. The highest BCUT2D eigenvalue weighted by Crippen LogP contribution is 2.44. The van der Waals surface area contributed by atoms with Gasteiger partial charge in [0, 0.05) is 26.1 Å². The van der Waals surface area contributed by atoms with E-state index >= 15 is 0 Å². The molecule has 0 radical (unpaired) electrons. The van der Waals surface area contributed by atoms with Gasteiger partial charge in [-0.15, -0.1) is 0 Å². The third-order valence-corrected chi connectivity index (χ3v) is 4.10. The van der Waals surface area contributed by atoms with Gasteiger partial charge in [-0.2, -0.15) is 0 Å². The second-order valence-electron chi connectivity index (χ2n) is 5.16. The maximum atomic E-state index is 10.7. The molecule has 2 rings (SSSR count). The van der Waals surface area contributed by atoms with E-state index < -0.39 is 0 Å². The van der Waals surface area contributed by atoms with Crippen LogP contribution in [0.4, 0.5) is 0 Å². The summed E-state index contributed by atoms with van der Waals surface area (Å²) < 4.78 is 0. The van der Waals surface area contributed by atoms with Crippen molar-refractivity contribution in [3.63, 3.8) is 0 Å². The van der Waals surface area contributed by atoms with Crippen molar-refractivity contribution in [3.05, 3.63) is 0 Å².